The van der Waals surface area contributed by atoms with Crippen molar-refractivity contribution < 1.29 is 9.84 Å². The average Bonchev–Trinajstić information content (AvgIpc) is 2.48. The highest BCUT2D eigenvalue weighted by Crippen LogP contribution is 2.26. The van der Waals surface area contributed by atoms with Crippen LogP contribution in [0.3, 0.4) is 0 Å². The molecule has 0 saturated heterocycles. The maximum absolute atomic E-state index is 9.68. The summed E-state index contributed by atoms with van der Waals surface area (Å²) in [5.74, 6) is 1.02. The summed E-state index contributed by atoms with van der Waals surface area (Å²) in [5.41, 5.74) is 2.38. The Morgan fingerprint density at radius 3 is 2.57 bits per heavy atom. The van der Waals surface area contributed by atoms with E-state index in [9.17, 15) is 5.11 Å². The molecule has 1 atom stereocenters. The first-order chi connectivity index (χ1) is 10.1. The standard InChI is InChI=1S/C17H18Br2O2/c1-21-16-5-6-17(19)14(10-16)8-13(11-20)7-12-3-2-4-15(18)9-12/h2-6,9-10,13,20H,7-8,11H2,1H3. The molecule has 0 aliphatic rings. The fourth-order valence-electron chi connectivity index (χ4n) is 2.34. The van der Waals surface area contributed by atoms with E-state index in [-0.39, 0.29) is 12.5 Å². The Labute approximate surface area is 142 Å². The predicted octanol–water partition coefficient (Wildman–Crippen LogP) is 4.61. The van der Waals surface area contributed by atoms with Crippen LogP contribution in [0.2, 0.25) is 0 Å². The van der Waals surface area contributed by atoms with E-state index in [4.69, 9.17) is 4.74 Å². The SMILES string of the molecule is COc1ccc(Br)c(CC(CO)Cc2cccc(Br)c2)c1. The lowest BCUT2D eigenvalue weighted by atomic mass is 9.93. The van der Waals surface area contributed by atoms with E-state index in [0.717, 1.165) is 33.1 Å². The summed E-state index contributed by atoms with van der Waals surface area (Å²) in [6.45, 7) is 0.163. The van der Waals surface area contributed by atoms with Crippen LogP contribution in [-0.2, 0) is 12.8 Å². The molecule has 0 radical (unpaired) electrons. The molecule has 2 rings (SSSR count). The highest BCUT2D eigenvalue weighted by molar-refractivity contribution is 9.10. The molecule has 1 unspecified atom stereocenters. The summed E-state index contributed by atoms with van der Waals surface area (Å²) in [6, 6.07) is 14.2. The van der Waals surface area contributed by atoms with Crippen LogP contribution in [0.4, 0.5) is 0 Å². The van der Waals surface area contributed by atoms with Crippen LogP contribution < -0.4 is 4.74 Å². The number of methoxy groups -OCH3 is 1. The molecule has 112 valence electrons. The van der Waals surface area contributed by atoms with Gasteiger partial charge in [0, 0.05) is 15.6 Å². The molecular weight excluding hydrogens is 396 g/mol. The second-order valence-corrected chi connectivity index (χ2v) is 6.81. The summed E-state index contributed by atoms with van der Waals surface area (Å²) in [6.07, 6.45) is 1.65. The van der Waals surface area contributed by atoms with Crippen molar-refractivity contribution in [3.63, 3.8) is 0 Å². The van der Waals surface area contributed by atoms with Crippen molar-refractivity contribution in [1.29, 1.82) is 0 Å². The van der Waals surface area contributed by atoms with Gasteiger partial charge in [-0.1, -0.05) is 44.0 Å². The molecule has 0 amide bonds. The van der Waals surface area contributed by atoms with Gasteiger partial charge in [0.2, 0.25) is 0 Å². The zero-order valence-corrected chi connectivity index (χ0v) is 15.0. The number of ether oxygens (including phenoxy) is 1. The van der Waals surface area contributed by atoms with Gasteiger partial charge in [-0.3, -0.25) is 0 Å². The second kappa shape index (κ2) is 7.97. The Kier molecular flexibility index (Phi) is 6.27. The number of aliphatic hydroxyl groups is 1. The highest BCUT2D eigenvalue weighted by Gasteiger charge is 2.13. The lowest BCUT2D eigenvalue weighted by Gasteiger charge is -2.16. The van der Waals surface area contributed by atoms with Gasteiger partial charge in [0.1, 0.15) is 5.75 Å². The van der Waals surface area contributed by atoms with E-state index in [0.29, 0.717) is 0 Å². The number of halogens is 2. The minimum absolute atomic E-state index is 0.163. The van der Waals surface area contributed by atoms with Gasteiger partial charge in [-0.15, -0.1) is 0 Å². The first kappa shape index (κ1) is 16.5. The van der Waals surface area contributed by atoms with Gasteiger partial charge in [0.25, 0.3) is 0 Å². The summed E-state index contributed by atoms with van der Waals surface area (Å²) in [5, 5.41) is 9.68. The molecule has 0 heterocycles. The van der Waals surface area contributed by atoms with Gasteiger partial charge in [0.05, 0.1) is 7.11 Å². The minimum Gasteiger partial charge on any atom is -0.497 e. The molecule has 4 heteroatoms. The van der Waals surface area contributed by atoms with Crippen molar-refractivity contribution in [2.75, 3.05) is 13.7 Å². The zero-order valence-electron chi connectivity index (χ0n) is 11.9. The van der Waals surface area contributed by atoms with Crippen LogP contribution in [0.25, 0.3) is 0 Å². The fourth-order valence-corrected chi connectivity index (χ4v) is 3.20. The van der Waals surface area contributed by atoms with E-state index in [1.807, 2.05) is 30.3 Å². The number of hydrogen-bond donors (Lipinski definition) is 1. The second-order valence-electron chi connectivity index (χ2n) is 5.04. The van der Waals surface area contributed by atoms with Crippen LogP contribution in [-0.4, -0.2) is 18.8 Å². The maximum atomic E-state index is 9.68. The lowest BCUT2D eigenvalue weighted by Crippen LogP contribution is -2.13. The topological polar surface area (TPSA) is 29.5 Å². The molecule has 0 spiro atoms. The minimum atomic E-state index is 0.163. The molecule has 2 nitrogen and oxygen atoms in total. The van der Waals surface area contributed by atoms with Crippen molar-refractivity contribution in [2.24, 2.45) is 5.92 Å². The molecule has 2 aromatic rings. The molecule has 0 aromatic heterocycles. The Morgan fingerprint density at radius 2 is 1.90 bits per heavy atom. The Balaban J connectivity index is 2.12. The number of hydrogen-bond acceptors (Lipinski definition) is 2. The molecule has 0 saturated carbocycles. The Hall–Kier alpha value is -0.840. The number of benzene rings is 2. The third-order valence-electron chi connectivity index (χ3n) is 3.43. The van der Waals surface area contributed by atoms with E-state index >= 15 is 0 Å². The maximum Gasteiger partial charge on any atom is 0.119 e. The van der Waals surface area contributed by atoms with E-state index in [1.165, 1.54) is 5.56 Å². The number of aliphatic hydroxyl groups excluding tert-OH is 1. The zero-order chi connectivity index (χ0) is 15.2. The molecule has 0 bridgehead atoms. The molecule has 0 aliphatic heterocycles. The summed E-state index contributed by atoms with van der Waals surface area (Å²) < 4.78 is 7.39. The first-order valence-corrected chi connectivity index (χ1v) is 8.38. The lowest BCUT2D eigenvalue weighted by molar-refractivity contribution is 0.224. The normalized spacial score (nSPS) is 12.2. The van der Waals surface area contributed by atoms with E-state index in [1.54, 1.807) is 7.11 Å². The van der Waals surface area contributed by atoms with Crippen molar-refractivity contribution in [3.05, 3.63) is 62.5 Å². The van der Waals surface area contributed by atoms with Crippen LogP contribution in [0.15, 0.2) is 51.4 Å². The van der Waals surface area contributed by atoms with Crippen molar-refractivity contribution >= 4 is 31.9 Å². The molecule has 0 aliphatic carbocycles. The van der Waals surface area contributed by atoms with Crippen molar-refractivity contribution in [1.82, 2.24) is 0 Å². The van der Waals surface area contributed by atoms with Gasteiger partial charge >= 0.3 is 0 Å². The highest BCUT2D eigenvalue weighted by atomic mass is 79.9. The van der Waals surface area contributed by atoms with Gasteiger partial charge in [-0.05, 0) is 60.2 Å². The summed E-state index contributed by atoms with van der Waals surface area (Å²) in [7, 11) is 1.66. The van der Waals surface area contributed by atoms with Gasteiger partial charge < -0.3 is 9.84 Å². The molecule has 1 N–H and O–H groups in total. The summed E-state index contributed by atoms with van der Waals surface area (Å²) >= 11 is 7.05. The van der Waals surface area contributed by atoms with Crippen molar-refractivity contribution in [2.45, 2.75) is 12.8 Å². The van der Waals surface area contributed by atoms with Crippen molar-refractivity contribution in [3.8, 4) is 5.75 Å². The molecule has 0 fully saturated rings. The third-order valence-corrected chi connectivity index (χ3v) is 4.70. The van der Waals surface area contributed by atoms with Gasteiger partial charge in [-0.2, -0.15) is 0 Å². The average molecular weight is 414 g/mol. The Bertz CT molecular complexity index is 599. The van der Waals surface area contributed by atoms with Crippen LogP contribution in [0.1, 0.15) is 11.1 Å². The van der Waals surface area contributed by atoms with E-state index < -0.39 is 0 Å². The predicted molar refractivity (Wildman–Crippen MR) is 92.8 cm³/mol. The van der Waals surface area contributed by atoms with E-state index in [2.05, 4.69) is 44.0 Å². The first-order valence-electron chi connectivity index (χ1n) is 6.80. The Morgan fingerprint density at radius 1 is 1.10 bits per heavy atom. The quantitative estimate of drug-likeness (QED) is 0.748. The summed E-state index contributed by atoms with van der Waals surface area (Å²) in [4.78, 5) is 0. The number of rotatable bonds is 6. The fraction of sp³-hybridized carbons (Fsp3) is 0.294. The smallest absolute Gasteiger partial charge is 0.119 e. The largest absolute Gasteiger partial charge is 0.497 e. The van der Waals surface area contributed by atoms with Gasteiger partial charge in [-0.25, -0.2) is 0 Å². The third kappa shape index (κ3) is 4.83. The molecule has 21 heavy (non-hydrogen) atoms. The van der Waals surface area contributed by atoms with Crippen LogP contribution >= 0.6 is 31.9 Å². The van der Waals surface area contributed by atoms with Gasteiger partial charge in [0.15, 0.2) is 0 Å². The molecule has 2 aromatic carbocycles. The van der Waals surface area contributed by atoms with Crippen LogP contribution in [0.5, 0.6) is 5.75 Å². The monoisotopic (exact) mass is 412 g/mol. The van der Waals surface area contributed by atoms with Crippen LogP contribution in [0, 0.1) is 5.92 Å². The molecular formula is C17H18Br2O2.